The van der Waals surface area contributed by atoms with E-state index >= 15 is 0 Å². The summed E-state index contributed by atoms with van der Waals surface area (Å²) in [6.07, 6.45) is 3.46. The summed E-state index contributed by atoms with van der Waals surface area (Å²) in [7, 11) is -1.68. The monoisotopic (exact) mass is 318 g/mol. The number of primary sulfonamides is 1. The number of piperidine rings is 1. The van der Waals surface area contributed by atoms with E-state index in [0.29, 0.717) is 5.69 Å². The Morgan fingerprint density at radius 3 is 2.60 bits per heavy atom. The zero-order chi connectivity index (χ0) is 14.8. The van der Waals surface area contributed by atoms with Gasteiger partial charge in [-0.25, -0.2) is 18.5 Å². The molecule has 1 fully saturated rings. The predicted octanol–water partition coefficient (Wildman–Crippen LogP) is 0.925. The molecule has 0 aliphatic carbocycles. The van der Waals surface area contributed by atoms with Gasteiger partial charge in [-0.05, 0) is 45.7 Å². The fraction of sp³-hybridized carbons (Fsp3) is 0.750. The molecule has 0 spiro atoms. The van der Waals surface area contributed by atoms with Crippen molar-refractivity contribution in [2.45, 2.75) is 30.4 Å². The minimum absolute atomic E-state index is 0.185. The maximum absolute atomic E-state index is 11.4. The molecule has 2 heterocycles. The van der Waals surface area contributed by atoms with E-state index in [1.54, 1.807) is 6.92 Å². The molecule has 20 heavy (non-hydrogen) atoms. The van der Waals surface area contributed by atoms with Crippen LogP contribution in [0.3, 0.4) is 0 Å². The first-order valence-electron chi connectivity index (χ1n) is 6.81. The molecule has 0 radical (unpaired) electrons. The quantitative estimate of drug-likeness (QED) is 0.843. The van der Waals surface area contributed by atoms with Gasteiger partial charge in [-0.15, -0.1) is 0 Å². The average Bonchev–Trinajstić information content (AvgIpc) is 2.79. The van der Waals surface area contributed by atoms with E-state index in [-0.39, 0.29) is 4.21 Å². The summed E-state index contributed by atoms with van der Waals surface area (Å²) in [4.78, 5) is 6.53. The standard InChI is InChI=1S/C12H22N4O2S2/c1-9-11(20(13,17)18)19-12(15-9)16-7-4-10(5-8-16)3-6-14-2/h10,14H,3-8H2,1-2H3,(H2,13,17,18). The smallest absolute Gasteiger partial charge is 0.249 e. The normalized spacial score (nSPS) is 17.6. The number of sulfonamides is 1. The summed E-state index contributed by atoms with van der Waals surface area (Å²) < 4.78 is 23.1. The van der Waals surface area contributed by atoms with Crippen LogP contribution < -0.4 is 15.4 Å². The van der Waals surface area contributed by atoms with Crippen molar-refractivity contribution < 1.29 is 8.42 Å². The first-order chi connectivity index (χ1) is 9.41. The molecule has 1 aromatic heterocycles. The first-order valence-corrected chi connectivity index (χ1v) is 9.18. The second-order valence-corrected chi connectivity index (χ2v) is 7.97. The lowest BCUT2D eigenvalue weighted by molar-refractivity contribution is 0.378. The van der Waals surface area contributed by atoms with Gasteiger partial charge in [0.25, 0.3) is 0 Å². The maximum Gasteiger partial charge on any atom is 0.249 e. The number of rotatable bonds is 5. The van der Waals surface area contributed by atoms with Gasteiger partial charge in [0, 0.05) is 13.1 Å². The van der Waals surface area contributed by atoms with Gasteiger partial charge in [0.15, 0.2) is 9.34 Å². The largest absolute Gasteiger partial charge is 0.348 e. The van der Waals surface area contributed by atoms with Crippen molar-refractivity contribution in [2.75, 3.05) is 31.6 Å². The number of hydrogen-bond donors (Lipinski definition) is 2. The Morgan fingerprint density at radius 1 is 1.45 bits per heavy atom. The third kappa shape index (κ3) is 3.69. The van der Waals surface area contributed by atoms with E-state index in [2.05, 4.69) is 15.2 Å². The number of thiazole rings is 1. The number of nitrogens with one attached hydrogen (secondary N) is 1. The number of hydrogen-bond acceptors (Lipinski definition) is 6. The minimum Gasteiger partial charge on any atom is -0.348 e. The van der Waals surface area contributed by atoms with Gasteiger partial charge in [-0.3, -0.25) is 0 Å². The summed E-state index contributed by atoms with van der Waals surface area (Å²) in [5, 5.41) is 9.15. The Kier molecular flexibility index (Phi) is 5.00. The predicted molar refractivity (Wildman–Crippen MR) is 81.7 cm³/mol. The van der Waals surface area contributed by atoms with Crippen LogP contribution in [0.1, 0.15) is 25.0 Å². The number of nitrogens with zero attached hydrogens (tertiary/aromatic N) is 2. The topological polar surface area (TPSA) is 88.3 Å². The molecule has 0 aromatic carbocycles. The molecule has 1 aliphatic heterocycles. The third-order valence-electron chi connectivity index (χ3n) is 3.69. The molecule has 3 N–H and O–H groups in total. The molecular formula is C12H22N4O2S2. The molecule has 8 heteroatoms. The third-order valence-corrected chi connectivity index (χ3v) is 6.46. The Hall–Kier alpha value is -0.700. The van der Waals surface area contributed by atoms with Gasteiger partial charge in [0.05, 0.1) is 5.69 Å². The summed E-state index contributed by atoms with van der Waals surface area (Å²) in [6, 6.07) is 0. The fourth-order valence-corrected chi connectivity index (χ4v) is 4.53. The number of nitrogens with two attached hydrogens (primary N) is 1. The lowest BCUT2D eigenvalue weighted by Gasteiger charge is -2.31. The Bertz CT molecular complexity index is 548. The van der Waals surface area contributed by atoms with Crippen LogP contribution in [0, 0.1) is 12.8 Å². The summed E-state index contributed by atoms with van der Waals surface area (Å²) in [5.41, 5.74) is 0.504. The van der Waals surface area contributed by atoms with Gasteiger partial charge in [-0.1, -0.05) is 11.3 Å². The summed E-state index contributed by atoms with van der Waals surface area (Å²) in [6.45, 7) is 4.62. The molecule has 1 aromatic rings. The maximum atomic E-state index is 11.4. The van der Waals surface area contributed by atoms with Gasteiger partial charge in [0.1, 0.15) is 0 Å². The van der Waals surface area contributed by atoms with Crippen LogP contribution in [0.5, 0.6) is 0 Å². The molecule has 0 saturated carbocycles. The number of anilines is 1. The van der Waals surface area contributed by atoms with Crippen molar-refractivity contribution in [3.8, 4) is 0 Å². The lowest BCUT2D eigenvalue weighted by atomic mass is 9.94. The lowest BCUT2D eigenvalue weighted by Crippen LogP contribution is -2.34. The second kappa shape index (κ2) is 6.38. The van der Waals surface area contributed by atoms with Gasteiger partial charge >= 0.3 is 0 Å². The zero-order valence-electron chi connectivity index (χ0n) is 11.9. The summed E-state index contributed by atoms with van der Waals surface area (Å²) >= 11 is 1.18. The highest BCUT2D eigenvalue weighted by Crippen LogP contribution is 2.32. The Balaban J connectivity index is 2.01. The highest BCUT2D eigenvalue weighted by molar-refractivity contribution is 7.91. The van der Waals surface area contributed by atoms with Crippen molar-refractivity contribution in [1.29, 1.82) is 0 Å². The van der Waals surface area contributed by atoms with Gasteiger partial charge in [0.2, 0.25) is 10.0 Å². The van der Waals surface area contributed by atoms with Gasteiger partial charge < -0.3 is 10.2 Å². The second-order valence-electron chi connectivity index (χ2n) is 5.24. The van der Waals surface area contributed by atoms with E-state index in [0.717, 1.165) is 43.5 Å². The Labute approximate surface area is 124 Å². The molecule has 0 unspecified atom stereocenters. The molecule has 0 amide bonds. The van der Waals surface area contributed by atoms with Crippen LogP contribution in [0.2, 0.25) is 0 Å². The van der Waals surface area contributed by atoms with E-state index in [4.69, 9.17) is 5.14 Å². The van der Waals surface area contributed by atoms with Crippen molar-refractivity contribution >= 4 is 26.5 Å². The Morgan fingerprint density at radius 2 is 2.10 bits per heavy atom. The SMILES string of the molecule is CNCCC1CCN(c2nc(C)c(S(N)(=O)=O)s2)CC1. The van der Waals surface area contributed by atoms with Crippen molar-refractivity contribution in [1.82, 2.24) is 10.3 Å². The van der Waals surface area contributed by atoms with Gasteiger partial charge in [-0.2, -0.15) is 0 Å². The van der Waals surface area contributed by atoms with Crippen molar-refractivity contribution in [3.05, 3.63) is 5.69 Å². The molecule has 0 atom stereocenters. The van der Waals surface area contributed by atoms with E-state index in [1.807, 2.05) is 7.05 Å². The number of aryl methyl sites for hydroxylation is 1. The van der Waals surface area contributed by atoms with Crippen LogP contribution in [0.4, 0.5) is 5.13 Å². The van der Waals surface area contributed by atoms with Crippen molar-refractivity contribution in [2.24, 2.45) is 11.1 Å². The summed E-state index contributed by atoms with van der Waals surface area (Å²) in [5.74, 6) is 0.748. The van der Waals surface area contributed by atoms with E-state index in [1.165, 1.54) is 17.8 Å². The molecule has 1 saturated heterocycles. The highest BCUT2D eigenvalue weighted by Gasteiger charge is 2.24. The molecule has 114 valence electrons. The highest BCUT2D eigenvalue weighted by atomic mass is 32.2. The average molecular weight is 318 g/mol. The fourth-order valence-electron chi connectivity index (χ4n) is 2.53. The van der Waals surface area contributed by atoms with Crippen LogP contribution in [0.25, 0.3) is 0 Å². The van der Waals surface area contributed by atoms with E-state index in [9.17, 15) is 8.42 Å². The molecule has 2 rings (SSSR count). The molecule has 6 nitrogen and oxygen atoms in total. The first kappa shape index (κ1) is 15.7. The molecule has 1 aliphatic rings. The van der Waals surface area contributed by atoms with Crippen LogP contribution in [0.15, 0.2) is 4.21 Å². The number of aromatic nitrogens is 1. The van der Waals surface area contributed by atoms with Crippen LogP contribution in [-0.4, -0.2) is 40.1 Å². The van der Waals surface area contributed by atoms with Crippen molar-refractivity contribution in [3.63, 3.8) is 0 Å². The van der Waals surface area contributed by atoms with Crippen LogP contribution >= 0.6 is 11.3 Å². The minimum atomic E-state index is -3.65. The molecule has 0 bridgehead atoms. The molecular weight excluding hydrogens is 296 g/mol. The zero-order valence-corrected chi connectivity index (χ0v) is 13.6. The van der Waals surface area contributed by atoms with Crippen LogP contribution in [-0.2, 0) is 10.0 Å². The van der Waals surface area contributed by atoms with E-state index < -0.39 is 10.0 Å².